The summed E-state index contributed by atoms with van der Waals surface area (Å²) in [7, 11) is 0. The van der Waals surface area contributed by atoms with Crippen LogP contribution in [0.25, 0.3) is 0 Å². The summed E-state index contributed by atoms with van der Waals surface area (Å²) in [5.74, 6) is -5.04. The van der Waals surface area contributed by atoms with Gasteiger partial charge in [0.05, 0.1) is 17.9 Å². The van der Waals surface area contributed by atoms with Crippen LogP contribution in [0.3, 0.4) is 0 Å². The number of carboxylic acid groups (broad SMARTS) is 3. The van der Waals surface area contributed by atoms with Gasteiger partial charge < -0.3 is 29.7 Å². The van der Waals surface area contributed by atoms with Gasteiger partial charge in [0.1, 0.15) is 0 Å². The van der Waals surface area contributed by atoms with Crippen LogP contribution < -0.4 is 15.3 Å². The molecule has 0 bridgehead atoms. The Hall–Kier alpha value is -0.149. The van der Waals surface area contributed by atoms with Crippen molar-refractivity contribution in [3.8, 4) is 0 Å². The molecule has 0 N–H and O–H groups in total. The van der Waals surface area contributed by atoms with E-state index in [0.717, 1.165) is 18.2 Å². The molecule has 1 aromatic carbocycles. The molecule has 0 spiro atoms. The van der Waals surface area contributed by atoms with E-state index in [1.54, 1.807) is 0 Å². The smallest absolute Gasteiger partial charge is 0.545 e. The van der Waals surface area contributed by atoms with Gasteiger partial charge in [0.25, 0.3) is 0 Å². The fourth-order valence-electron chi connectivity index (χ4n) is 0.981. The van der Waals surface area contributed by atoms with Crippen molar-refractivity contribution in [2.24, 2.45) is 0 Å². The number of hydrogen-bond acceptors (Lipinski definition) is 6. The van der Waals surface area contributed by atoms with Crippen LogP contribution in [-0.2, 0) is 67.1 Å². The number of hydrogen-bond donors (Lipinski definition) is 0. The average molecular weight is 531 g/mol. The molecule has 0 aromatic heterocycles. The molecule has 6 nitrogen and oxygen atoms in total. The van der Waals surface area contributed by atoms with Crippen LogP contribution in [0.2, 0.25) is 0 Å². The van der Waals surface area contributed by atoms with Gasteiger partial charge in [0.2, 0.25) is 0 Å². The summed E-state index contributed by atoms with van der Waals surface area (Å²) in [5.41, 5.74) is -1.68. The first kappa shape index (κ1) is 23.0. The van der Waals surface area contributed by atoms with E-state index in [-0.39, 0.29) is 67.1 Å². The van der Waals surface area contributed by atoms with Crippen LogP contribution in [0.5, 0.6) is 0 Å². The monoisotopic (exact) mass is 528 g/mol. The predicted molar refractivity (Wildman–Crippen MR) is 39.4 cm³/mol. The van der Waals surface area contributed by atoms with E-state index in [1.807, 2.05) is 0 Å². The molecular formula is C9H3Ag3O6. The molecule has 0 amide bonds. The second-order valence-electron chi connectivity index (χ2n) is 2.66. The second-order valence-corrected chi connectivity index (χ2v) is 2.66. The minimum Gasteiger partial charge on any atom is -0.545 e. The molecule has 1 rings (SSSR count). The maximum atomic E-state index is 10.4. The molecule has 0 atom stereocenters. The fourth-order valence-corrected chi connectivity index (χ4v) is 0.981. The molecule has 108 valence electrons. The maximum Gasteiger partial charge on any atom is 1.00 e. The van der Waals surface area contributed by atoms with Gasteiger partial charge in [-0.3, -0.25) is 0 Å². The Morgan fingerprint density at radius 2 is 0.778 bits per heavy atom. The SMILES string of the molecule is O=C([O-])c1cc(C(=O)[O-])cc(C(=O)[O-])c1.[Ag+].[Ag+].[Ag+]. The summed E-state index contributed by atoms with van der Waals surface area (Å²) in [5, 5.41) is 31.2. The molecule has 0 saturated heterocycles. The molecule has 0 heterocycles. The minimum atomic E-state index is -1.68. The molecule has 9 heteroatoms. The number of carbonyl (C=O) groups excluding carboxylic acids is 3. The number of carboxylic acids is 3. The van der Waals surface area contributed by atoms with Crippen molar-refractivity contribution in [3.63, 3.8) is 0 Å². The van der Waals surface area contributed by atoms with Crippen molar-refractivity contribution >= 4 is 17.9 Å². The largest absolute Gasteiger partial charge is 1.00 e. The third-order valence-electron chi connectivity index (χ3n) is 1.64. The zero-order valence-electron chi connectivity index (χ0n) is 8.09. The quantitative estimate of drug-likeness (QED) is 0.379. The van der Waals surface area contributed by atoms with Crippen molar-refractivity contribution < 1.29 is 96.8 Å². The molecule has 1 aromatic rings. The zero-order valence-corrected chi connectivity index (χ0v) is 12.5. The maximum absolute atomic E-state index is 10.4. The number of carbonyl (C=O) groups is 3. The van der Waals surface area contributed by atoms with Gasteiger partial charge in [0, 0.05) is 0 Å². The Morgan fingerprint density at radius 3 is 0.889 bits per heavy atom. The molecular weight excluding hydrogens is 528 g/mol. The molecule has 0 aliphatic carbocycles. The predicted octanol–water partition coefficient (Wildman–Crippen LogP) is -3.23. The van der Waals surface area contributed by atoms with Crippen LogP contribution in [-0.4, -0.2) is 17.9 Å². The van der Waals surface area contributed by atoms with Crippen molar-refractivity contribution in [2.75, 3.05) is 0 Å². The average Bonchev–Trinajstić information content (AvgIpc) is 2.16. The van der Waals surface area contributed by atoms with Crippen molar-refractivity contribution in [1.82, 2.24) is 0 Å². The van der Waals surface area contributed by atoms with Crippen molar-refractivity contribution in [1.29, 1.82) is 0 Å². The van der Waals surface area contributed by atoms with Crippen LogP contribution in [0.4, 0.5) is 0 Å². The summed E-state index contributed by atoms with van der Waals surface area (Å²) in [4.78, 5) is 31.2. The molecule has 0 fully saturated rings. The van der Waals surface area contributed by atoms with E-state index in [9.17, 15) is 29.7 Å². The Labute approximate surface area is 148 Å². The van der Waals surface area contributed by atoms with Gasteiger partial charge in [-0.25, -0.2) is 0 Å². The Bertz CT molecular complexity index is 381. The Morgan fingerprint density at radius 1 is 0.611 bits per heavy atom. The van der Waals surface area contributed by atoms with E-state index in [1.165, 1.54) is 0 Å². The molecule has 0 aliphatic rings. The van der Waals surface area contributed by atoms with Crippen LogP contribution in [0.15, 0.2) is 18.2 Å². The number of benzene rings is 1. The van der Waals surface area contributed by atoms with Gasteiger partial charge in [-0.1, -0.05) is 0 Å². The summed E-state index contributed by atoms with van der Waals surface area (Å²) in [6, 6.07) is 2.24. The van der Waals surface area contributed by atoms with Gasteiger partial charge >= 0.3 is 67.1 Å². The minimum absolute atomic E-state index is 0. The van der Waals surface area contributed by atoms with Gasteiger partial charge in [-0.15, -0.1) is 0 Å². The third kappa shape index (κ3) is 6.15. The van der Waals surface area contributed by atoms with E-state index in [2.05, 4.69) is 0 Å². The summed E-state index contributed by atoms with van der Waals surface area (Å²) in [6.45, 7) is 0. The van der Waals surface area contributed by atoms with E-state index in [0.29, 0.717) is 0 Å². The van der Waals surface area contributed by atoms with E-state index < -0.39 is 34.6 Å². The molecule has 0 unspecified atom stereocenters. The van der Waals surface area contributed by atoms with Crippen molar-refractivity contribution in [2.45, 2.75) is 0 Å². The topological polar surface area (TPSA) is 120 Å². The Balaban J connectivity index is -0.000000750. The second kappa shape index (κ2) is 9.74. The van der Waals surface area contributed by atoms with E-state index in [4.69, 9.17) is 0 Å². The van der Waals surface area contributed by atoms with E-state index >= 15 is 0 Å². The summed E-state index contributed by atoms with van der Waals surface area (Å²) < 4.78 is 0. The molecule has 0 aliphatic heterocycles. The standard InChI is InChI=1S/C9H6O6.3Ag/c10-7(11)4-1-5(8(12)13)3-6(2-4)9(14)15;;;/h1-3H,(H,10,11)(H,12,13)(H,14,15);;;/q;3*+1/p-3. The van der Waals surface area contributed by atoms with Crippen molar-refractivity contribution in [3.05, 3.63) is 34.9 Å². The summed E-state index contributed by atoms with van der Waals surface area (Å²) >= 11 is 0. The van der Waals surface area contributed by atoms with Crippen LogP contribution in [0, 0.1) is 0 Å². The van der Waals surface area contributed by atoms with Gasteiger partial charge in [0.15, 0.2) is 0 Å². The fraction of sp³-hybridized carbons (Fsp3) is 0. The Kier molecular flexibility index (Phi) is 12.4. The molecule has 0 saturated carbocycles. The normalized spacial score (nSPS) is 8.00. The number of aromatic carboxylic acids is 3. The summed E-state index contributed by atoms with van der Waals surface area (Å²) in [6.07, 6.45) is 0. The van der Waals surface area contributed by atoms with Gasteiger partial charge in [-0.05, 0) is 34.9 Å². The van der Waals surface area contributed by atoms with Gasteiger partial charge in [-0.2, -0.15) is 0 Å². The first-order chi connectivity index (χ1) is 6.91. The number of rotatable bonds is 3. The zero-order chi connectivity index (χ0) is 11.6. The molecule has 0 radical (unpaired) electrons. The third-order valence-corrected chi connectivity index (χ3v) is 1.64. The molecule has 18 heavy (non-hydrogen) atoms. The van der Waals surface area contributed by atoms with Crippen LogP contribution >= 0.6 is 0 Å². The van der Waals surface area contributed by atoms with Crippen LogP contribution in [0.1, 0.15) is 31.1 Å². The first-order valence-corrected chi connectivity index (χ1v) is 3.71. The first-order valence-electron chi connectivity index (χ1n) is 3.71.